The van der Waals surface area contributed by atoms with E-state index in [1.165, 1.54) is 0 Å². The van der Waals surface area contributed by atoms with Gasteiger partial charge in [-0.1, -0.05) is 62.4 Å². The number of alkyl carbamates (subject to hydrolysis) is 1. The molecule has 2 aromatic rings. The van der Waals surface area contributed by atoms with Crippen LogP contribution in [0.4, 0.5) is 4.79 Å². The van der Waals surface area contributed by atoms with Gasteiger partial charge >= 0.3 is 12.1 Å². The zero-order valence-electron chi connectivity index (χ0n) is 15.8. The van der Waals surface area contributed by atoms with Gasteiger partial charge in [0.25, 0.3) is 0 Å². The Morgan fingerprint density at radius 1 is 1.00 bits per heavy atom. The van der Waals surface area contributed by atoms with Crippen molar-refractivity contribution in [2.24, 2.45) is 5.92 Å². The first kappa shape index (κ1) is 19.0. The molecule has 0 saturated heterocycles. The van der Waals surface area contributed by atoms with Crippen LogP contribution in [0, 0.1) is 5.92 Å². The number of fused-ring (bicyclic) bond motifs is 3. The highest BCUT2D eigenvalue weighted by atomic mass is 16.6. The van der Waals surface area contributed by atoms with Crippen LogP contribution in [0.5, 0.6) is 0 Å². The molecule has 0 bridgehead atoms. The molecule has 1 aliphatic carbocycles. The Bertz CT molecular complexity index is 800. The average molecular weight is 367 g/mol. The van der Waals surface area contributed by atoms with Gasteiger partial charge in [0.2, 0.25) is 0 Å². The molecule has 0 aliphatic heterocycles. The number of rotatable bonds is 6. The number of carboxylic acid groups (broad SMARTS) is 1. The van der Waals surface area contributed by atoms with Crippen molar-refractivity contribution >= 4 is 12.1 Å². The quantitative estimate of drug-likeness (QED) is 0.793. The molecule has 1 unspecified atom stereocenters. The van der Waals surface area contributed by atoms with Crippen LogP contribution >= 0.6 is 0 Å². The second-order valence-electron chi connectivity index (χ2n) is 7.43. The van der Waals surface area contributed by atoms with E-state index in [1.807, 2.05) is 45.0 Å². The van der Waals surface area contributed by atoms with Crippen LogP contribution in [0.25, 0.3) is 11.1 Å². The molecule has 1 aliphatic rings. The number of aliphatic carboxylic acids is 1. The van der Waals surface area contributed by atoms with Crippen molar-refractivity contribution in [3.05, 3.63) is 59.7 Å². The van der Waals surface area contributed by atoms with Crippen LogP contribution in [0.1, 0.15) is 44.2 Å². The third-order valence-electron chi connectivity index (χ3n) is 4.94. The molecule has 142 valence electrons. The number of ether oxygens (including phenoxy) is 1. The largest absolute Gasteiger partial charge is 0.480 e. The molecule has 0 aromatic heterocycles. The fraction of sp³-hybridized carbons (Fsp3) is 0.364. The van der Waals surface area contributed by atoms with Gasteiger partial charge in [-0.05, 0) is 41.5 Å². The number of carboxylic acids is 1. The molecule has 0 heterocycles. The molecule has 1 amide bonds. The third-order valence-corrected chi connectivity index (χ3v) is 4.94. The lowest BCUT2D eigenvalue weighted by molar-refractivity contribution is -0.139. The van der Waals surface area contributed by atoms with Gasteiger partial charge in [-0.3, -0.25) is 0 Å². The summed E-state index contributed by atoms with van der Waals surface area (Å²) in [6.07, 6.45) is -0.769. The highest BCUT2D eigenvalue weighted by Crippen LogP contribution is 2.46. The molecule has 0 saturated carbocycles. The van der Waals surface area contributed by atoms with Crippen LogP contribution in [0.15, 0.2) is 48.5 Å². The molecule has 0 radical (unpaired) electrons. The van der Waals surface area contributed by atoms with E-state index in [2.05, 4.69) is 29.6 Å². The summed E-state index contributed by atoms with van der Waals surface area (Å²) >= 11 is 0. The Hall–Kier alpha value is -2.82. The Balaban J connectivity index is 1.77. The van der Waals surface area contributed by atoms with Crippen molar-refractivity contribution in [1.29, 1.82) is 0 Å². The number of benzene rings is 2. The minimum Gasteiger partial charge on any atom is -0.480 e. The summed E-state index contributed by atoms with van der Waals surface area (Å²) in [6.45, 7) is 5.68. The first-order valence-corrected chi connectivity index (χ1v) is 9.26. The minimum atomic E-state index is -1.05. The van der Waals surface area contributed by atoms with Crippen LogP contribution < -0.4 is 5.32 Å². The predicted octanol–water partition coefficient (Wildman–Crippen LogP) is 4.41. The molecule has 2 aromatic carbocycles. The highest BCUT2D eigenvalue weighted by Gasteiger charge is 2.34. The van der Waals surface area contributed by atoms with Gasteiger partial charge in [0, 0.05) is 5.92 Å². The average Bonchev–Trinajstić information content (AvgIpc) is 2.95. The van der Waals surface area contributed by atoms with Crippen molar-refractivity contribution in [3.8, 4) is 11.1 Å². The molecule has 3 rings (SSSR count). The summed E-state index contributed by atoms with van der Waals surface area (Å²) in [4.78, 5) is 23.7. The summed E-state index contributed by atoms with van der Waals surface area (Å²) in [5.74, 6) is -0.973. The smallest absolute Gasteiger partial charge is 0.408 e. The van der Waals surface area contributed by atoms with E-state index >= 15 is 0 Å². The summed E-state index contributed by atoms with van der Waals surface area (Å²) in [5, 5.41) is 11.8. The first-order chi connectivity index (χ1) is 12.9. The number of hydrogen-bond acceptors (Lipinski definition) is 3. The monoisotopic (exact) mass is 367 g/mol. The first-order valence-electron chi connectivity index (χ1n) is 9.26. The maximum atomic E-state index is 12.3. The van der Waals surface area contributed by atoms with Crippen LogP contribution in [0.2, 0.25) is 0 Å². The van der Waals surface area contributed by atoms with Crippen LogP contribution in [-0.4, -0.2) is 29.3 Å². The summed E-state index contributed by atoms with van der Waals surface area (Å²) in [5.41, 5.74) is 4.54. The highest BCUT2D eigenvalue weighted by molar-refractivity contribution is 5.81. The molecule has 5 heteroatoms. The molecule has 5 nitrogen and oxygen atoms in total. The SMILES string of the molecule is CC(C)C[C@H](NC(=O)OC(C)C1c2ccccc2-c2ccccc21)C(=O)O. The van der Waals surface area contributed by atoms with E-state index in [0.717, 1.165) is 22.3 Å². The van der Waals surface area contributed by atoms with Gasteiger partial charge in [-0.25, -0.2) is 9.59 Å². The lowest BCUT2D eigenvalue weighted by Gasteiger charge is -2.24. The normalized spacial score (nSPS) is 15.0. The molecule has 27 heavy (non-hydrogen) atoms. The van der Waals surface area contributed by atoms with Gasteiger partial charge in [-0.15, -0.1) is 0 Å². The number of carbonyl (C=O) groups excluding carboxylic acids is 1. The van der Waals surface area contributed by atoms with Crippen LogP contribution in [-0.2, 0) is 9.53 Å². The van der Waals surface area contributed by atoms with Crippen molar-refractivity contribution < 1.29 is 19.4 Å². The minimum absolute atomic E-state index is 0.0727. The van der Waals surface area contributed by atoms with Crippen molar-refractivity contribution in [3.63, 3.8) is 0 Å². The van der Waals surface area contributed by atoms with Gasteiger partial charge in [0.05, 0.1) is 0 Å². The van der Waals surface area contributed by atoms with Crippen molar-refractivity contribution in [2.75, 3.05) is 0 Å². The van der Waals surface area contributed by atoms with E-state index in [0.29, 0.717) is 6.42 Å². The van der Waals surface area contributed by atoms with E-state index in [4.69, 9.17) is 4.74 Å². The fourth-order valence-corrected chi connectivity index (χ4v) is 3.81. The molecular formula is C22H25NO4. The summed E-state index contributed by atoms with van der Waals surface area (Å²) in [6, 6.07) is 15.3. The Kier molecular flexibility index (Phi) is 5.49. The zero-order valence-corrected chi connectivity index (χ0v) is 15.8. The summed E-state index contributed by atoms with van der Waals surface area (Å²) in [7, 11) is 0. The van der Waals surface area contributed by atoms with E-state index in [-0.39, 0.29) is 11.8 Å². The maximum absolute atomic E-state index is 12.3. The maximum Gasteiger partial charge on any atom is 0.408 e. The van der Waals surface area contributed by atoms with Gasteiger partial charge in [-0.2, -0.15) is 0 Å². The number of hydrogen-bond donors (Lipinski definition) is 2. The molecule has 0 spiro atoms. The van der Waals surface area contributed by atoms with E-state index in [9.17, 15) is 14.7 Å². The number of amides is 1. The molecule has 2 atom stereocenters. The third kappa shape index (κ3) is 3.97. The fourth-order valence-electron chi connectivity index (χ4n) is 3.81. The zero-order chi connectivity index (χ0) is 19.6. The van der Waals surface area contributed by atoms with Gasteiger partial charge < -0.3 is 15.2 Å². The Morgan fingerprint density at radius 3 is 2.00 bits per heavy atom. The molecular weight excluding hydrogens is 342 g/mol. The Morgan fingerprint density at radius 2 is 1.52 bits per heavy atom. The molecule has 2 N–H and O–H groups in total. The standard InChI is InChI=1S/C22H25NO4/c1-13(2)12-19(21(24)25)23-22(26)27-14(3)20-17-10-6-4-8-15(17)16-9-5-7-11-18(16)20/h4-11,13-14,19-20H,12H2,1-3H3,(H,23,26)(H,24,25)/t14?,19-/m0/s1. The van der Waals surface area contributed by atoms with E-state index < -0.39 is 24.2 Å². The Labute approximate surface area is 159 Å². The summed E-state index contributed by atoms with van der Waals surface area (Å²) < 4.78 is 5.60. The van der Waals surface area contributed by atoms with Crippen molar-refractivity contribution in [1.82, 2.24) is 5.32 Å². The second-order valence-corrected chi connectivity index (χ2v) is 7.43. The lowest BCUT2D eigenvalue weighted by Crippen LogP contribution is -2.43. The van der Waals surface area contributed by atoms with E-state index in [1.54, 1.807) is 0 Å². The van der Waals surface area contributed by atoms with Gasteiger partial charge in [0.1, 0.15) is 12.1 Å². The predicted molar refractivity (Wildman–Crippen MR) is 104 cm³/mol. The lowest BCUT2D eigenvalue weighted by atomic mass is 9.92. The number of carbonyl (C=O) groups is 2. The van der Waals surface area contributed by atoms with Crippen molar-refractivity contribution in [2.45, 2.75) is 45.3 Å². The topological polar surface area (TPSA) is 75.6 Å². The van der Waals surface area contributed by atoms with Gasteiger partial charge in [0.15, 0.2) is 0 Å². The molecule has 0 fully saturated rings. The number of nitrogens with one attached hydrogen (secondary N) is 1. The second kappa shape index (κ2) is 7.82. The van der Waals surface area contributed by atoms with Crippen LogP contribution in [0.3, 0.4) is 0 Å².